The van der Waals surface area contributed by atoms with Crippen LogP contribution in [0.3, 0.4) is 0 Å². The normalized spacial score (nSPS) is 18.4. The minimum Gasteiger partial charge on any atom is -0.476 e. The van der Waals surface area contributed by atoms with Gasteiger partial charge in [0.25, 0.3) is 5.91 Å². The first-order valence-electron chi connectivity index (χ1n) is 8.31. The molecule has 0 bridgehead atoms. The van der Waals surface area contributed by atoms with Crippen molar-refractivity contribution < 1.29 is 18.3 Å². The molecule has 2 aromatic carbocycles. The van der Waals surface area contributed by atoms with E-state index in [1.807, 2.05) is 6.07 Å². The number of hydrogen-bond acceptors (Lipinski definition) is 3. The fourth-order valence-electron chi connectivity index (χ4n) is 2.84. The van der Waals surface area contributed by atoms with E-state index in [9.17, 15) is 13.6 Å². The Morgan fingerprint density at radius 2 is 1.96 bits per heavy atom. The lowest BCUT2D eigenvalue weighted by molar-refractivity contribution is -0.129. The van der Waals surface area contributed by atoms with Crippen LogP contribution < -0.4 is 15.4 Å². The summed E-state index contributed by atoms with van der Waals surface area (Å²) >= 11 is 0. The fourth-order valence-corrected chi connectivity index (χ4v) is 2.84. The van der Waals surface area contributed by atoms with Gasteiger partial charge in [-0.25, -0.2) is 8.78 Å². The number of piperidine rings is 1. The lowest BCUT2D eigenvalue weighted by Crippen LogP contribution is -2.47. The molecular weight excluding hydrogens is 326 g/mol. The van der Waals surface area contributed by atoms with Gasteiger partial charge in [-0.05, 0) is 31.5 Å². The third kappa shape index (κ3) is 4.54. The summed E-state index contributed by atoms with van der Waals surface area (Å²) in [5.74, 6) is -2.17. The fraction of sp³-hybridized carbons (Fsp3) is 0.316. The van der Waals surface area contributed by atoms with Gasteiger partial charge in [0, 0.05) is 24.2 Å². The Morgan fingerprint density at radius 1 is 1.16 bits per heavy atom. The second-order valence-corrected chi connectivity index (χ2v) is 6.04. The van der Waals surface area contributed by atoms with Gasteiger partial charge in [0.2, 0.25) is 6.10 Å². The molecular formula is C19H20F2N2O2. The molecule has 1 saturated heterocycles. The minimum absolute atomic E-state index is 0.0287. The molecule has 1 amide bonds. The Balaban J connectivity index is 1.79. The average molecular weight is 346 g/mol. The average Bonchev–Trinajstić information content (AvgIpc) is 2.64. The Morgan fingerprint density at radius 3 is 2.64 bits per heavy atom. The number of rotatable bonds is 5. The summed E-state index contributed by atoms with van der Waals surface area (Å²) < 4.78 is 32.3. The Kier molecular flexibility index (Phi) is 5.60. The molecule has 1 heterocycles. The van der Waals surface area contributed by atoms with E-state index in [0.717, 1.165) is 31.5 Å². The lowest BCUT2D eigenvalue weighted by Gasteiger charge is -2.26. The molecule has 132 valence electrons. The molecule has 25 heavy (non-hydrogen) atoms. The lowest BCUT2D eigenvalue weighted by atomic mass is 10.1. The van der Waals surface area contributed by atoms with Gasteiger partial charge in [-0.3, -0.25) is 4.79 Å². The van der Waals surface area contributed by atoms with Gasteiger partial charge in [0.05, 0.1) is 0 Å². The summed E-state index contributed by atoms with van der Waals surface area (Å²) in [7, 11) is 0. The predicted octanol–water partition coefficient (Wildman–Crippen LogP) is 2.95. The first kappa shape index (κ1) is 17.4. The minimum atomic E-state index is -1.01. The van der Waals surface area contributed by atoms with Crippen LogP contribution in [-0.2, 0) is 4.79 Å². The zero-order valence-electron chi connectivity index (χ0n) is 13.7. The zero-order chi connectivity index (χ0) is 17.6. The van der Waals surface area contributed by atoms with Gasteiger partial charge in [0.15, 0.2) is 11.6 Å². The topological polar surface area (TPSA) is 50.4 Å². The van der Waals surface area contributed by atoms with E-state index in [0.29, 0.717) is 12.1 Å². The summed E-state index contributed by atoms with van der Waals surface area (Å²) in [6.45, 7) is 1.65. The van der Waals surface area contributed by atoms with Crippen molar-refractivity contribution in [3.8, 4) is 5.75 Å². The standard InChI is InChI=1S/C19H20F2N2O2/c20-16-9-8-15(11-17(16)21)25-18(13-5-2-1-3-6-13)19(24)23-14-7-4-10-22-12-14/h1-3,5-6,8-9,11,14,18,22H,4,7,10,12H2,(H,23,24). The van der Waals surface area contributed by atoms with E-state index in [1.165, 1.54) is 6.07 Å². The van der Waals surface area contributed by atoms with Crippen LogP contribution >= 0.6 is 0 Å². The summed E-state index contributed by atoms with van der Waals surface area (Å²) in [5, 5.41) is 6.20. The molecule has 1 fully saturated rings. The first-order valence-corrected chi connectivity index (χ1v) is 8.31. The maximum atomic E-state index is 13.4. The molecule has 0 saturated carbocycles. The quantitative estimate of drug-likeness (QED) is 0.875. The molecule has 2 N–H and O–H groups in total. The summed E-state index contributed by atoms with van der Waals surface area (Å²) in [6.07, 6.45) is 0.948. The second kappa shape index (κ2) is 8.07. The van der Waals surface area contributed by atoms with Gasteiger partial charge in [-0.1, -0.05) is 30.3 Å². The predicted molar refractivity (Wildman–Crippen MR) is 90.2 cm³/mol. The van der Waals surface area contributed by atoms with E-state index in [2.05, 4.69) is 10.6 Å². The highest BCUT2D eigenvalue weighted by atomic mass is 19.2. The Hall–Kier alpha value is -2.47. The maximum absolute atomic E-state index is 13.4. The largest absolute Gasteiger partial charge is 0.476 e. The number of benzene rings is 2. The van der Waals surface area contributed by atoms with Crippen molar-refractivity contribution in [3.05, 3.63) is 65.7 Å². The van der Waals surface area contributed by atoms with Crippen molar-refractivity contribution in [2.75, 3.05) is 13.1 Å². The van der Waals surface area contributed by atoms with E-state index in [4.69, 9.17) is 4.74 Å². The van der Waals surface area contributed by atoms with Crippen molar-refractivity contribution in [3.63, 3.8) is 0 Å². The smallest absolute Gasteiger partial charge is 0.266 e. The molecule has 1 aliphatic heterocycles. The third-order valence-corrected chi connectivity index (χ3v) is 4.13. The van der Waals surface area contributed by atoms with Gasteiger partial charge in [0.1, 0.15) is 5.75 Å². The molecule has 2 atom stereocenters. The molecule has 2 aromatic rings. The van der Waals surface area contributed by atoms with Gasteiger partial charge >= 0.3 is 0 Å². The molecule has 1 aliphatic rings. The molecule has 0 aliphatic carbocycles. The monoisotopic (exact) mass is 346 g/mol. The van der Waals surface area contributed by atoms with Crippen LogP contribution in [0.2, 0.25) is 0 Å². The van der Waals surface area contributed by atoms with E-state index < -0.39 is 17.7 Å². The molecule has 4 nitrogen and oxygen atoms in total. The Bertz CT molecular complexity index is 719. The molecule has 0 radical (unpaired) electrons. The van der Waals surface area contributed by atoms with Crippen LogP contribution in [0, 0.1) is 11.6 Å². The van der Waals surface area contributed by atoms with Crippen molar-refractivity contribution in [2.24, 2.45) is 0 Å². The van der Waals surface area contributed by atoms with Crippen LogP contribution in [0.15, 0.2) is 48.5 Å². The number of nitrogens with one attached hydrogen (secondary N) is 2. The van der Waals surface area contributed by atoms with E-state index >= 15 is 0 Å². The molecule has 2 unspecified atom stereocenters. The molecule has 0 spiro atoms. The van der Waals surface area contributed by atoms with Crippen LogP contribution in [0.1, 0.15) is 24.5 Å². The zero-order valence-corrected chi connectivity index (χ0v) is 13.7. The van der Waals surface area contributed by atoms with Crippen molar-refractivity contribution in [1.82, 2.24) is 10.6 Å². The van der Waals surface area contributed by atoms with Gasteiger partial charge in [-0.2, -0.15) is 0 Å². The molecule has 6 heteroatoms. The van der Waals surface area contributed by atoms with E-state index in [1.54, 1.807) is 24.3 Å². The van der Waals surface area contributed by atoms with Crippen molar-refractivity contribution in [1.29, 1.82) is 0 Å². The Labute approximate surface area is 145 Å². The van der Waals surface area contributed by atoms with Crippen molar-refractivity contribution in [2.45, 2.75) is 25.0 Å². The molecule has 3 rings (SSSR count). The molecule has 0 aromatic heterocycles. The van der Waals surface area contributed by atoms with Crippen LogP contribution in [-0.4, -0.2) is 25.0 Å². The number of amides is 1. The summed E-state index contributed by atoms with van der Waals surface area (Å²) in [6, 6.07) is 12.2. The SMILES string of the molecule is O=C(NC1CCCNC1)C(Oc1ccc(F)c(F)c1)c1ccccc1. The third-order valence-electron chi connectivity index (χ3n) is 4.13. The highest BCUT2D eigenvalue weighted by molar-refractivity contribution is 5.82. The van der Waals surface area contributed by atoms with Gasteiger partial charge in [-0.15, -0.1) is 0 Å². The number of hydrogen-bond donors (Lipinski definition) is 2. The van der Waals surface area contributed by atoms with Gasteiger partial charge < -0.3 is 15.4 Å². The number of carbonyl (C=O) groups is 1. The highest BCUT2D eigenvalue weighted by Crippen LogP contribution is 2.24. The van der Waals surface area contributed by atoms with Crippen LogP contribution in [0.4, 0.5) is 8.78 Å². The number of ether oxygens (including phenoxy) is 1. The first-order chi connectivity index (χ1) is 12.1. The van der Waals surface area contributed by atoms with Crippen molar-refractivity contribution >= 4 is 5.91 Å². The van der Waals surface area contributed by atoms with E-state index in [-0.39, 0.29) is 17.7 Å². The summed E-state index contributed by atoms with van der Waals surface area (Å²) in [4.78, 5) is 12.7. The van der Waals surface area contributed by atoms with Crippen LogP contribution in [0.5, 0.6) is 5.75 Å². The van der Waals surface area contributed by atoms with Crippen LogP contribution in [0.25, 0.3) is 0 Å². The maximum Gasteiger partial charge on any atom is 0.266 e. The highest BCUT2D eigenvalue weighted by Gasteiger charge is 2.26. The summed E-state index contributed by atoms with van der Waals surface area (Å²) in [5.41, 5.74) is 0.647. The second-order valence-electron chi connectivity index (χ2n) is 6.04. The number of halogens is 2. The number of carbonyl (C=O) groups excluding carboxylic acids is 1.